The van der Waals surface area contributed by atoms with Crippen molar-refractivity contribution in [1.82, 2.24) is 0 Å². The van der Waals surface area contributed by atoms with Gasteiger partial charge in [0.2, 0.25) is 0 Å². The maximum Gasteiger partial charge on any atom is 0.0888 e. The monoisotopic (exact) mass is 428 g/mol. The van der Waals surface area contributed by atoms with Crippen LogP contribution >= 0.6 is 23.2 Å². The van der Waals surface area contributed by atoms with Crippen LogP contribution in [0.2, 0.25) is 19.1 Å². The summed E-state index contributed by atoms with van der Waals surface area (Å²) in [6.07, 6.45) is 5.23. The van der Waals surface area contributed by atoms with Crippen molar-refractivity contribution in [1.29, 1.82) is 0 Å². The zero-order valence-corrected chi connectivity index (χ0v) is 19.1. The number of hydrogen-bond acceptors (Lipinski definition) is 1. The molecule has 2 atom stereocenters. The average Bonchev–Trinajstić information content (AvgIpc) is 3.09. The van der Waals surface area contributed by atoms with E-state index in [-0.39, 0.29) is 6.61 Å². The summed E-state index contributed by atoms with van der Waals surface area (Å²) in [6, 6.07) is 17.5. The van der Waals surface area contributed by atoms with E-state index in [2.05, 4.69) is 74.6 Å². The van der Waals surface area contributed by atoms with E-state index in [0.717, 1.165) is 18.0 Å². The highest BCUT2D eigenvalue weighted by atomic mass is 35.5. The Hall–Kier alpha value is -1.32. The van der Waals surface area contributed by atoms with E-state index in [0.29, 0.717) is 0 Å². The van der Waals surface area contributed by atoms with Gasteiger partial charge in [-0.1, -0.05) is 73.8 Å². The minimum absolute atomic E-state index is 0.171. The molecule has 4 rings (SSSR count). The van der Waals surface area contributed by atoms with Crippen LogP contribution in [0.3, 0.4) is 0 Å². The Morgan fingerprint density at radius 3 is 2.00 bits per heavy atom. The number of aliphatic hydroxyl groups is 1. The molecule has 0 fully saturated rings. The van der Waals surface area contributed by atoms with Gasteiger partial charge in [0.25, 0.3) is 0 Å². The van der Waals surface area contributed by atoms with Gasteiger partial charge >= 0.3 is 0 Å². The summed E-state index contributed by atoms with van der Waals surface area (Å²) in [6.45, 7) is 6.82. The first-order valence-corrected chi connectivity index (χ1v) is 13.8. The third-order valence-corrected chi connectivity index (χ3v) is 12.9. The molecule has 0 amide bonds. The van der Waals surface area contributed by atoms with Crippen LogP contribution in [0.4, 0.5) is 0 Å². The first-order valence-electron chi connectivity index (χ1n) is 9.81. The number of rotatable bonds is 5. The molecule has 146 valence electrons. The lowest BCUT2D eigenvalue weighted by Gasteiger charge is -2.41. The molecule has 0 bridgehead atoms. The molecule has 2 unspecified atom stereocenters. The van der Waals surface area contributed by atoms with Gasteiger partial charge in [0.05, 0.1) is 17.4 Å². The van der Waals surface area contributed by atoms with Crippen molar-refractivity contribution in [3.63, 3.8) is 0 Å². The molecule has 28 heavy (non-hydrogen) atoms. The highest BCUT2D eigenvalue weighted by molar-refractivity contribution is 6.87. The van der Waals surface area contributed by atoms with Gasteiger partial charge in [0.1, 0.15) is 0 Å². The fraction of sp³-hybridized carbons (Fsp3) is 0.333. The second-order valence-corrected chi connectivity index (χ2v) is 15.4. The van der Waals surface area contributed by atoms with Gasteiger partial charge in [-0.2, -0.15) is 0 Å². The molecule has 1 N–H and O–H groups in total. The lowest BCUT2D eigenvalue weighted by molar-refractivity contribution is 0.315. The number of halogens is 2. The van der Waals surface area contributed by atoms with Gasteiger partial charge in [-0.05, 0) is 52.8 Å². The Morgan fingerprint density at radius 2 is 1.39 bits per heavy atom. The van der Waals surface area contributed by atoms with Crippen molar-refractivity contribution in [2.75, 3.05) is 6.61 Å². The number of aliphatic hydroxyl groups excluding tert-OH is 1. The summed E-state index contributed by atoms with van der Waals surface area (Å²) < 4.78 is -0.533. The molecular formula is C24H26Cl2OSi. The molecule has 0 heterocycles. The van der Waals surface area contributed by atoms with Crippen LogP contribution in [0.25, 0.3) is 12.2 Å². The highest BCUT2D eigenvalue weighted by Gasteiger charge is 2.52. The standard InChI is InChI=1S/C24H26Cl2OSi/c1-23(25)19(14-17-8-4-6-10-21(17)23)16-20-15-18-9-5-7-11-22(18)24(20,26)28(2,3)13-12-27/h4-11,14-15,27H,12-13,16H2,1-3H3. The molecule has 4 heteroatoms. The first-order chi connectivity index (χ1) is 13.2. The van der Waals surface area contributed by atoms with Crippen molar-refractivity contribution in [2.45, 2.75) is 41.9 Å². The number of benzene rings is 2. The van der Waals surface area contributed by atoms with Crippen molar-refractivity contribution < 1.29 is 5.11 Å². The Kier molecular flexibility index (Phi) is 4.91. The lowest BCUT2D eigenvalue weighted by atomic mass is 9.91. The van der Waals surface area contributed by atoms with Crippen molar-refractivity contribution in [3.05, 3.63) is 81.9 Å². The van der Waals surface area contributed by atoms with E-state index in [1.165, 1.54) is 27.8 Å². The van der Waals surface area contributed by atoms with Gasteiger partial charge in [0.15, 0.2) is 0 Å². The van der Waals surface area contributed by atoms with Crippen LogP contribution in [0.5, 0.6) is 0 Å². The van der Waals surface area contributed by atoms with Crippen LogP contribution in [0.1, 0.15) is 35.6 Å². The number of fused-ring (bicyclic) bond motifs is 2. The topological polar surface area (TPSA) is 20.2 Å². The summed E-state index contributed by atoms with van der Waals surface area (Å²) in [7, 11) is -2.03. The minimum Gasteiger partial charge on any atom is -0.397 e. The Bertz CT molecular complexity index is 990. The minimum atomic E-state index is -2.03. The molecule has 2 aromatic carbocycles. The fourth-order valence-corrected chi connectivity index (χ4v) is 8.55. The van der Waals surface area contributed by atoms with Crippen LogP contribution < -0.4 is 0 Å². The predicted molar refractivity (Wildman–Crippen MR) is 124 cm³/mol. The van der Waals surface area contributed by atoms with Crippen LogP contribution in [-0.4, -0.2) is 19.8 Å². The zero-order chi connectivity index (χ0) is 20.2. The van der Waals surface area contributed by atoms with Gasteiger partial charge in [-0.25, -0.2) is 0 Å². The Balaban J connectivity index is 1.78. The van der Waals surface area contributed by atoms with E-state index in [9.17, 15) is 5.11 Å². The van der Waals surface area contributed by atoms with Gasteiger partial charge in [0, 0.05) is 6.61 Å². The molecule has 0 aliphatic heterocycles. The molecule has 2 aliphatic carbocycles. The van der Waals surface area contributed by atoms with Crippen LogP contribution in [0.15, 0.2) is 59.7 Å². The number of hydrogen-bond donors (Lipinski definition) is 1. The van der Waals surface area contributed by atoms with Crippen molar-refractivity contribution in [2.24, 2.45) is 0 Å². The molecular weight excluding hydrogens is 403 g/mol. The van der Waals surface area contributed by atoms with E-state index in [1.807, 2.05) is 6.07 Å². The molecule has 0 saturated heterocycles. The van der Waals surface area contributed by atoms with E-state index in [1.54, 1.807) is 0 Å². The SMILES string of the molecule is CC1(Cl)C(CC2=Cc3ccccc3C2(Cl)[Si](C)(C)CCO)=Cc2ccccc21. The maximum absolute atomic E-state index is 9.72. The normalized spacial score (nSPS) is 25.9. The summed E-state index contributed by atoms with van der Waals surface area (Å²) in [5.74, 6) is 0. The van der Waals surface area contributed by atoms with E-state index >= 15 is 0 Å². The average molecular weight is 429 g/mol. The summed E-state index contributed by atoms with van der Waals surface area (Å²) >= 11 is 14.6. The second-order valence-electron chi connectivity index (χ2n) is 8.71. The smallest absolute Gasteiger partial charge is 0.0888 e. The van der Waals surface area contributed by atoms with Crippen LogP contribution in [0, 0.1) is 0 Å². The van der Waals surface area contributed by atoms with Crippen molar-refractivity contribution >= 4 is 43.4 Å². The zero-order valence-electron chi connectivity index (χ0n) is 16.6. The predicted octanol–water partition coefficient (Wildman–Crippen LogP) is 6.70. The third-order valence-electron chi connectivity index (χ3n) is 6.55. The highest BCUT2D eigenvalue weighted by Crippen LogP contribution is 2.56. The summed E-state index contributed by atoms with van der Waals surface area (Å²) in [5, 5.41) is 9.72. The van der Waals surface area contributed by atoms with Gasteiger partial charge in [-0.15, -0.1) is 23.2 Å². The van der Waals surface area contributed by atoms with Gasteiger partial charge < -0.3 is 5.11 Å². The number of allylic oxidation sites excluding steroid dienone is 2. The summed E-state index contributed by atoms with van der Waals surface area (Å²) in [5.41, 5.74) is 7.13. The molecule has 0 aromatic heterocycles. The third kappa shape index (κ3) is 2.85. The lowest BCUT2D eigenvalue weighted by Crippen LogP contribution is -2.49. The summed E-state index contributed by atoms with van der Waals surface area (Å²) in [4.78, 5) is -0.521. The van der Waals surface area contributed by atoms with Crippen molar-refractivity contribution in [3.8, 4) is 0 Å². The van der Waals surface area contributed by atoms with E-state index in [4.69, 9.17) is 23.2 Å². The molecule has 1 nitrogen and oxygen atoms in total. The second kappa shape index (κ2) is 6.88. The maximum atomic E-state index is 9.72. The van der Waals surface area contributed by atoms with Crippen LogP contribution in [-0.2, 0) is 9.37 Å². The molecule has 0 saturated carbocycles. The first kappa shape index (κ1) is 20.0. The number of alkyl halides is 2. The van der Waals surface area contributed by atoms with Gasteiger partial charge in [-0.3, -0.25) is 0 Å². The molecule has 0 spiro atoms. The largest absolute Gasteiger partial charge is 0.397 e. The molecule has 2 aromatic rings. The Labute approximate surface area is 178 Å². The van der Waals surface area contributed by atoms with E-state index < -0.39 is 17.4 Å². The quantitative estimate of drug-likeness (QED) is 0.414. The molecule has 0 radical (unpaired) electrons. The Morgan fingerprint density at radius 1 is 0.857 bits per heavy atom. The fourth-order valence-electron chi connectivity index (χ4n) is 4.79. The molecule has 2 aliphatic rings.